The van der Waals surface area contributed by atoms with E-state index in [1.165, 1.54) is 4.90 Å². The van der Waals surface area contributed by atoms with Crippen LogP contribution in [0.3, 0.4) is 0 Å². The summed E-state index contributed by atoms with van der Waals surface area (Å²) < 4.78 is 0. The molecule has 6 nitrogen and oxygen atoms in total. The zero-order valence-electron chi connectivity index (χ0n) is 12.2. The predicted molar refractivity (Wildman–Crippen MR) is 77.8 cm³/mol. The van der Waals surface area contributed by atoms with Gasteiger partial charge >= 0.3 is 11.8 Å². The molecule has 1 heterocycles. The Kier molecular flexibility index (Phi) is 4.59. The van der Waals surface area contributed by atoms with E-state index in [1.807, 2.05) is 26.0 Å². The van der Waals surface area contributed by atoms with Gasteiger partial charge in [-0.05, 0) is 37.5 Å². The molecule has 2 rings (SSSR count). The summed E-state index contributed by atoms with van der Waals surface area (Å²) in [4.78, 5) is 25.4. The largest absolute Gasteiger partial charge is 0.390 e. The maximum absolute atomic E-state index is 12.1. The molecule has 6 heteroatoms. The lowest BCUT2D eigenvalue weighted by Gasteiger charge is -2.32. The van der Waals surface area contributed by atoms with Gasteiger partial charge in [0.15, 0.2) is 0 Å². The monoisotopic (exact) mass is 292 g/mol. The van der Waals surface area contributed by atoms with E-state index in [9.17, 15) is 19.8 Å². The van der Waals surface area contributed by atoms with E-state index in [-0.39, 0.29) is 19.5 Å². The molecule has 0 spiro atoms. The molecule has 0 unspecified atom stereocenters. The molecule has 114 valence electrons. The van der Waals surface area contributed by atoms with E-state index in [1.54, 1.807) is 6.07 Å². The van der Waals surface area contributed by atoms with Crippen molar-refractivity contribution in [3.63, 3.8) is 0 Å². The highest BCUT2D eigenvalue weighted by Crippen LogP contribution is 2.18. The van der Waals surface area contributed by atoms with Crippen molar-refractivity contribution in [2.24, 2.45) is 0 Å². The molecular weight excluding hydrogens is 272 g/mol. The Morgan fingerprint density at radius 1 is 1.24 bits per heavy atom. The normalized spacial score (nSPS) is 22.0. The van der Waals surface area contributed by atoms with Crippen LogP contribution in [0.4, 0.5) is 5.69 Å². The molecule has 1 saturated heterocycles. The number of rotatable bonds is 1. The number of hydrogen-bond donors (Lipinski definition) is 3. The summed E-state index contributed by atoms with van der Waals surface area (Å²) in [6.45, 7) is 4.03. The van der Waals surface area contributed by atoms with E-state index in [4.69, 9.17) is 0 Å². The van der Waals surface area contributed by atoms with Gasteiger partial charge in [-0.2, -0.15) is 0 Å². The third kappa shape index (κ3) is 3.40. The van der Waals surface area contributed by atoms with Crippen LogP contribution in [-0.2, 0) is 9.59 Å². The molecule has 0 aromatic heterocycles. The van der Waals surface area contributed by atoms with Crippen molar-refractivity contribution in [3.05, 3.63) is 29.3 Å². The van der Waals surface area contributed by atoms with Crippen molar-refractivity contribution in [3.8, 4) is 0 Å². The van der Waals surface area contributed by atoms with Crippen molar-refractivity contribution in [1.82, 2.24) is 4.90 Å². The number of nitrogens with zero attached hydrogens (tertiary/aromatic N) is 1. The van der Waals surface area contributed by atoms with Gasteiger partial charge in [0.25, 0.3) is 0 Å². The molecule has 21 heavy (non-hydrogen) atoms. The van der Waals surface area contributed by atoms with E-state index in [2.05, 4.69) is 5.32 Å². The second-order valence-electron chi connectivity index (χ2n) is 5.38. The first-order valence-electron chi connectivity index (χ1n) is 6.92. The zero-order valence-corrected chi connectivity index (χ0v) is 12.2. The highest BCUT2D eigenvalue weighted by Gasteiger charge is 2.31. The summed E-state index contributed by atoms with van der Waals surface area (Å²) in [5.74, 6) is -1.42. The van der Waals surface area contributed by atoms with Crippen LogP contribution in [0.15, 0.2) is 18.2 Å². The summed E-state index contributed by atoms with van der Waals surface area (Å²) in [6.07, 6.45) is -1.57. The average Bonchev–Trinajstić information content (AvgIpc) is 2.46. The predicted octanol–water partition coefficient (Wildman–Crippen LogP) is 0.196. The standard InChI is InChI=1S/C15H20N2O4/c1-9-4-3-5-11(10(9)2)16-14(20)15(21)17-7-6-12(18)13(19)8-17/h3-5,12-13,18-19H,6-8H2,1-2H3,(H,16,20)/t12-,13-/m1/s1. The minimum Gasteiger partial charge on any atom is -0.390 e. The second-order valence-corrected chi connectivity index (χ2v) is 5.38. The number of aliphatic hydroxyl groups is 2. The number of β-amino-alcohol motifs (C(OH)–C–C–N with tert-alkyl or cyclic N) is 1. The van der Waals surface area contributed by atoms with Crippen LogP contribution in [0.5, 0.6) is 0 Å². The summed E-state index contributed by atoms with van der Waals surface area (Å²) in [5, 5.41) is 21.6. The Bertz CT molecular complexity index is 559. The van der Waals surface area contributed by atoms with Crippen LogP contribution in [0, 0.1) is 13.8 Å². The lowest BCUT2D eigenvalue weighted by Crippen LogP contribution is -2.51. The Balaban J connectivity index is 2.03. The maximum Gasteiger partial charge on any atom is 0.313 e. The molecule has 0 bridgehead atoms. The van der Waals surface area contributed by atoms with Crippen LogP contribution in [-0.4, -0.2) is 52.2 Å². The van der Waals surface area contributed by atoms with Gasteiger partial charge in [-0.25, -0.2) is 0 Å². The summed E-state index contributed by atoms with van der Waals surface area (Å²) >= 11 is 0. The third-order valence-corrected chi connectivity index (χ3v) is 3.88. The first kappa shape index (κ1) is 15.5. The summed E-state index contributed by atoms with van der Waals surface area (Å²) in [6, 6.07) is 5.47. The van der Waals surface area contributed by atoms with Gasteiger partial charge in [-0.15, -0.1) is 0 Å². The number of piperidine rings is 1. The molecular formula is C15H20N2O4. The highest BCUT2D eigenvalue weighted by molar-refractivity contribution is 6.39. The highest BCUT2D eigenvalue weighted by atomic mass is 16.3. The molecule has 1 fully saturated rings. The van der Waals surface area contributed by atoms with E-state index in [0.29, 0.717) is 5.69 Å². The fourth-order valence-corrected chi connectivity index (χ4v) is 2.31. The van der Waals surface area contributed by atoms with Crippen LogP contribution < -0.4 is 5.32 Å². The minimum absolute atomic E-state index is 0.0276. The zero-order chi connectivity index (χ0) is 15.6. The van der Waals surface area contributed by atoms with Crippen LogP contribution in [0.2, 0.25) is 0 Å². The number of nitrogens with one attached hydrogen (secondary N) is 1. The Morgan fingerprint density at radius 3 is 2.62 bits per heavy atom. The van der Waals surface area contributed by atoms with Crippen molar-refractivity contribution < 1.29 is 19.8 Å². The molecule has 3 N–H and O–H groups in total. The van der Waals surface area contributed by atoms with E-state index >= 15 is 0 Å². The van der Waals surface area contributed by atoms with Crippen LogP contribution >= 0.6 is 0 Å². The first-order chi connectivity index (χ1) is 9.90. The minimum atomic E-state index is -1.00. The molecule has 1 aromatic carbocycles. The SMILES string of the molecule is Cc1cccc(NC(=O)C(=O)N2CC[C@@H](O)[C@H](O)C2)c1C. The molecule has 1 aliphatic heterocycles. The Morgan fingerprint density at radius 2 is 1.95 bits per heavy atom. The van der Waals surface area contributed by atoms with Crippen LogP contribution in [0.1, 0.15) is 17.5 Å². The number of aryl methyl sites for hydroxylation is 1. The van der Waals surface area contributed by atoms with Gasteiger partial charge in [0.2, 0.25) is 0 Å². The smallest absolute Gasteiger partial charge is 0.313 e. The number of hydrogen-bond acceptors (Lipinski definition) is 4. The van der Waals surface area contributed by atoms with Gasteiger partial charge in [0.05, 0.1) is 12.2 Å². The van der Waals surface area contributed by atoms with Gasteiger partial charge in [0.1, 0.15) is 0 Å². The van der Waals surface area contributed by atoms with Gasteiger partial charge in [-0.3, -0.25) is 9.59 Å². The van der Waals surface area contributed by atoms with Crippen molar-refractivity contribution >= 4 is 17.5 Å². The van der Waals surface area contributed by atoms with Gasteiger partial charge in [-0.1, -0.05) is 12.1 Å². The third-order valence-electron chi connectivity index (χ3n) is 3.88. The lowest BCUT2D eigenvalue weighted by molar-refractivity contribution is -0.147. The number of carbonyl (C=O) groups is 2. The molecule has 1 aliphatic rings. The number of aliphatic hydroxyl groups excluding tert-OH is 2. The second kappa shape index (κ2) is 6.24. The number of benzene rings is 1. The molecule has 0 radical (unpaired) electrons. The topological polar surface area (TPSA) is 89.9 Å². The van der Waals surface area contributed by atoms with E-state index < -0.39 is 24.0 Å². The fraction of sp³-hybridized carbons (Fsp3) is 0.467. The quantitative estimate of drug-likeness (QED) is 0.645. The van der Waals surface area contributed by atoms with Crippen molar-refractivity contribution in [1.29, 1.82) is 0 Å². The van der Waals surface area contributed by atoms with Crippen molar-refractivity contribution in [2.45, 2.75) is 32.5 Å². The summed E-state index contributed by atoms with van der Waals surface area (Å²) in [5.41, 5.74) is 2.54. The molecule has 0 aliphatic carbocycles. The fourth-order valence-electron chi connectivity index (χ4n) is 2.31. The van der Waals surface area contributed by atoms with Gasteiger partial charge in [0, 0.05) is 18.8 Å². The molecule has 2 amide bonds. The number of amides is 2. The maximum atomic E-state index is 12.1. The first-order valence-corrected chi connectivity index (χ1v) is 6.92. The van der Waals surface area contributed by atoms with Crippen LogP contribution in [0.25, 0.3) is 0 Å². The number of likely N-dealkylation sites (tertiary alicyclic amines) is 1. The lowest BCUT2D eigenvalue weighted by atomic mass is 10.0. The van der Waals surface area contributed by atoms with Gasteiger partial charge < -0.3 is 20.4 Å². The van der Waals surface area contributed by atoms with E-state index in [0.717, 1.165) is 11.1 Å². The van der Waals surface area contributed by atoms with Crippen molar-refractivity contribution in [2.75, 3.05) is 18.4 Å². The Hall–Kier alpha value is -1.92. The molecule has 1 aromatic rings. The number of carbonyl (C=O) groups excluding carboxylic acids is 2. The Labute approximate surface area is 123 Å². The molecule has 2 atom stereocenters. The number of anilines is 1. The summed E-state index contributed by atoms with van der Waals surface area (Å²) in [7, 11) is 0. The average molecular weight is 292 g/mol. The molecule has 0 saturated carbocycles.